The summed E-state index contributed by atoms with van der Waals surface area (Å²) in [6.45, 7) is 5.54. The lowest BCUT2D eigenvalue weighted by Gasteiger charge is -2.13. The molecule has 4 heteroatoms. The zero-order valence-corrected chi connectivity index (χ0v) is 12.4. The van der Waals surface area contributed by atoms with Gasteiger partial charge in [-0.3, -0.25) is 0 Å². The highest BCUT2D eigenvalue weighted by Crippen LogP contribution is 2.38. The van der Waals surface area contributed by atoms with Gasteiger partial charge in [-0.1, -0.05) is 23.3 Å². The molecule has 3 nitrogen and oxygen atoms in total. The first-order valence-electron chi connectivity index (χ1n) is 6.56. The van der Waals surface area contributed by atoms with Crippen molar-refractivity contribution in [3.63, 3.8) is 0 Å². The van der Waals surface area contributed by atoms with Gasteiger partial charge in [0.05, 0.1) is 18.2 Å². The van der Waals surface area contributed by atoms with E-state index < -0.39 is 0 Å². The molecule has 0 radical (unpaired) electrons. The first kappa shape index (κ1) is 14.2. The number of likely N-dealkylation sites (N-methyl/N-ethyl adjacent to an activating group) is 1. The van der Waals surface area contributed by atoms with Crippen LogP contribution in [0, 0.1) is 0 Å². The third-order valence-electron chi connectivity index (χ3n) is 3.33. The van der Waals surface area contributed by atoms with Gasteiger partial charge in [0.1, 0.15) is 0 Å². The van der Waals surface area contributed by atoms with Crippen LogP contribution in [0.1, 0.15) is 25.8 Å². The minimum absolute atomic E-state index is 0.328. The van der Waals surface area contributed by atoms with Crippen LogP contribution in [0.3, 0.4) is 0 Å². The van der Waals surface area contributed by atoms with Crippen LogP contribution < -0.4 is 14.8 Å². The third kappa shape index (κ3) is 3.43. The van der Waals surface area contributed by atoms with Crippen LogP contribution in [0.2, 0.25) is 5.02 Å². The molecule has 0 amide bonds. The van der Waals surface area contributed by atoms with Crippen LogP contribution in [0.15, 0.2) is 17.7 Å². The molecule has 1 aromatic rings. The lowest BCUT2D eigenvalue weighted by molar-refractivity contribution is 0.297. The van der Waals surface area contributed by atoms with Gasteiger partial charge in [0.15, 0.2) is 11.5 Å². The Morgan fingerprint density at radius 2 is 2.11 bits per heavy atom. The van der Waals surface area contributed by atoms with Gasteiger partial charge in [-0.05, 0) is 38.6 Å². The fourth-order valence-electron chi connectivity index (χ4n) is 1.95. The van der Waals surface area contributed by atoms with Crippen molar-refractivity contribution < 1.29 is 9.47 Å². The molecule has 0 aliphatic carbocycles. The van der Waals surface area contributed by atoms with Gasteiger partial charge in [0.25, 0.3) is 0 Å². The van der Waals surface area contributed by atoms with Crippen molar-refractivity contribution >= 4 is 17.7 Å². The molecule has 1 aromatic carbocycles. The fourth-order valence-corrected chi connectivity index (χ4v) is 2.22. The van der Waals surface area contributed by atoms with Gasteiger partial charge >= 0.3 is 0 Å². The molecule has 0 saturated heterocycles. The lowest BCUT2D eigenvalue weighted by Crippen LogP contribution is -2.21. The molecule has 0 spiro atoms. The van der Waals surface area contributed by atoms with E-state index in [1.807, 2.05) is 19.2 Å². The summed E-state index contributed by atoms with van der Waals surface area (Å²) in [7, 11) is 1.95. The Morgan fingerprint density at radius 1 is 1.37 bits per heavy atom. The predicted molar refractivity (Wildman–Crippen MR) is 79.2 cm³/mol. The van der Waals surface area contributed by atoms with Crippen molar-refractivity contribution in [1.29, 1.82) is 0 Å². The molecule has 1 aliphatic heterocycles. The van der Waals surface area contributed by atoms with Crippen molar-refractivity contribution in [1.82, 2.24) is 5.32 Å². The molecule has 0 bridgehead atoms. The Labute approximate surface area is 119 Å². The Hall–Kier alpha value is -1.19. The summed E-state index contributed by atoms with van der Waals surface area (Å²) >= 11 is 6.27. The fraction of sp³-hybridized carbons (Fsp3) is 0.467. The van der Waals surface area contributed by atoms with Gasteiger partial charge in [0, 0.05) is 12.5 Å². The minimum atomic E-state index is 0.328. The van der Waals surface area contributed by atoms with Crippen molar-refractivity contribution in [3.05, 3.63) is 28.3 Å². The Bertz CT molecular complexity index is 485. The molecule has 1 unspecified atom stereocenters. The normalized spacial score (nSPS) is 16.9. The summed E-state index contributed by atoms with van der Waals surface area (Å²) in [5.74, 6) is 1.40. The van der Waals surface area contributed by atoms with Crippen LogP contribution in [0.5, 0.6) is 11.5 Å². The first-order chi connectivity index (χ1) is 9.11. The quantitative estimate of drug-likeness (QED) is 0.920. The molecule has 1 N–H and O–H groups in total. The second kappa shape index (κ2) is 6.31. The highest BCUT2D eigenvalue weighted by molar-refractivity contribution is 6.32. The minimum Gasteiger partial charge on any atom is -0.489 e. The van der Waals surface area contributed by atoms with Gasteiger partial charge in [-0.2, -0.15) is 0 Å². The molecule has 0 fully saturated rings. The van der Waals surface area contributed by atoms with Crippen LogP contribution >= 0.6 is 11.6 Å². The van der Waals surface area contributed by atoms with E-state index in [9.17, 15) is 0 Å². The number of fused-ring (bicyclic) bond motifs is 1. The summed E-state index contributed by atoms with van der Waals surface area (Å²) < 4.78 is 11.3. The Kier molecular flexibility index (Phi) is 4.72. The van der Waals surface area contributed by atoms with E-state index in [0.717, 1.165) is 17.7 Å². The number of benzene rings is 1. The largest absolute Gasteiger partial charge is 0.489 e. The van der Waals surface area contributed by atoms with Crippen molar-refractivity contribution in [2.75, 3.05) is 20.3 Å². The Balaban J connectivity index is 2.33. The topological polar surface area (TPSA) is 30.5 Å². The summed E-state index contributed by atoms with van der Waals surface area (Å²) in [4.78, 5) is 0. The monoisotopic (exact) mass is 281 g/mol. The van der Waals surface area contributed by atoms with E-state index in [-0.39, 0.29) is 0 Å². The molecule has 1 heterocycles. The average Bonchev–Trinajstić information content (AvgIpc) is 2.63. The Morgan fingerprint density at radius 3 is 2.84 bits per heavy atom. The van der Waals surface area contributed by atoms with Crippen molar-refractivity contribution in [2.45, 2.75) is 26.3 Å². The highest BCUT2D eigenvalue weighted by Gasteiger charge is 2.15. The first-order valence-corrected chi connectivity index (χ1v) is 6.94. The molecule has 1 atom stereocenters. The van der Waals surface area contributed by atoms with E-state index in [1.165, 1.54) is 5.57 Å². The maximum absolute atomic E-state index is 6.27. The molecule has 2 rings (SSSR count). The van der Waals surface area contributed by atoms with E-state index >= 15 is 0 Å². The summed E-state index contributed by atoms with van der Waals surface area (Å²) in [6, 6.07) is 4.23. The zero-order chi connectivity index (χ0) is 13.8. The number of nitrogens with one attached hydrogen (secondary N) is 1. The summed E-state index contributed by atoms with van der Waals surface area (Å²) in [6.07, 6.45) is 2.99. The maximum atomic E-state index is 6.27. The second-order valence-corrected chi connectivity index (χ2v) is 5.19. The average molecular weight is 282 g/mol. The van der Waals surface area contributed by atoms with Crippen LogP contribution in [-0.2, 0) is 0 Å². The maximum Gasteiger partial charge on any atom is 0.179 e. The molecule has 0 saturated carbocycles. The van der Waals surface area contributed by atoms with Gasteiger partial charge < -0.3 is 14.8 Å². The predicted octanol–water partition coefficient (Wildman–Crippen LogP) is 3.51. The lowest BCUT2D eigenvalue weighted by atomic mass is 10.1. The molecular formula is C15H20ClNO2. The molecule has 1 aliphatic rings. The summed E-state index contributed by atoms with van der Waals surface area (Å²) in [5, 5.41) is 3.82. The van der Waals surface area contributed by atoms with Gasteiger partial charge in [-0.15, -0.1) is 0 Å². The molecule has 19 heavy (non-hydrogen) atoms. The van der Waals surface area contributed by atoms with E-state index in [4.69, 9.17) is 21.1 Å². The smallest absolute Gasteiger partial charge is 0.179 e. The summed E-state index contributed by atoms with van der Waals surface area (Å²) in [5.41, 5.74) is 2.28. The number of ether oxygens (including phenoxy) is 2. The standard InChI is InChI=1S/C15H20ClNO2/c1-10(11(2)17-3)7-12-8-13(16)15-14(9-12)18-5-4-6-19-15/h7-9,11,17H,4-6H2,1-3H3/b10-7+. The molecule has 104 valence electrons. The SMILES string of the molecule is CNC(C)/C(C)=C/c1cc(Cl)c2c(c1)OCCCO2. The van der Waals surface area contributed by atoms with Crippen LogP contribution in [-0.4, -0.2) is 26.3 Å². The molecule has 0 aromatic heterocycles. The van der Waals surface area contributed by atoms with Crippen LogP contribution in [0.25, 0.3) is 6.08 Å². The zero-order valence-electron chi connectivity index (χ0n) is 11.6. The second-order valence-electron chi connectivity index (χ2n) is 4.78. The number of hydrogen-bond acceptors (Lipinski definition) is 3. The third-order valence-corrected chi connectivity index (χ3v) is 3.62. The number of rotatable bonds is 3. The van der Waals surface area contributed by atoms with Crippen molar-refractivity contribution in [3.8, 4) is 11.5 Å². The highest BCUT2D eigenvalue weighted by atomic mass is 35.5. The van der Waals surface area contributed by atoms with E-state index in [2.05, 4.69) is 25.2 Å². The number of hydrogen-bond donors (Lipinski definition) is 1. The van der Waals surface area contributed by atoms with E-state index in [0.29, 0.717) is 30.0 Å². The van der Waals surface area contributed by atoms with E-state index in [1.54, 1.807) is 0 Å². The van der Waals surface area contributed by atoms with Crippen LogP contribution in [0.4, 0.5) is 0 Å². The van der Waals surface area contributed by atoms with Gasteiger partial charge in [0.2, 0.25) is 0 Å². The number of halogens is 1. The van der Waals surface area contributed by atoms with Gasteiger partial charge in [-0.25, -0.2) is 0 Å². The van der Waals surface area contributed by atoms with Crippen molar-refractivity contribution in [2.24, 2.45) is 0 Å². The molecular weight excluding hydrogens is 262 g/mol.